The highest BCUT2D eigenvalue weighted by Gasteiger charge is 2.19. The zero-order valence-corrected chi connectivity index (χ0v) is 39.5. The first-order chi connectivity index (χ1) is 29.0. The van der Waals surface area contributed by atoms with E-state index in [9.17, 15) is 14.4 Å². The van der Waals surface area contributed by atoms with Gasteiger partial charge in [-0.3, -0.25) is 14.4 Å². The molecule has 0 aliphatic rings. The van der Waals surface area contributed by atoms with Gasteiger partial charge in [-0.25, -0.2) is 0 Å². The summed E-state index contributed by atoms with van der Waals surface area (Å²) >= 11 is 0. The molecule has 0 aliphatic heterocycles. The molecule has 59 heavy (non-hydrogen) atoms. The van der Waals surface area contributed by atoms with Gasteiger partial charge in [0, 0.05) is 19.3 Å². The standard InChI is InChI=1S/C53H98O6/c1-4-7-10-13-16-19-22-24-25-26-27-28-29-30-32-34-37-40-43-46-52(55)58-49-50(48-57-51(54)45-42-39-36-33-21-18-15-12-9-6-3)59-53(56)47-44-41-38-35-31-23-20-17-14-11-8-5-2/h17,20,26-27,50H,4-16,18-19,21-25,28-49H2,1-3H3/b20-17-,27-26-/t50-/m1/s1. The summed E-state index contributed by atoms with van der Waals surface area (Å²) in [6.45, 7) is 6.61. The van der Waals surface area contributed by atoms with Crippen LogP contribution in [0.3, 0.4) is 0 Å². The molecule has 0 fully saturated rings. The number of carbonyl (C=O) groups is 3. The minimum atomic E-state index is -0.771. The van der Waals surface area contributed by atoms with Crippen LogP contribution in [0.25, 0.3) is 0 Å². The number of rotatable bonds is 47. The Morgan fingerprint density at radius 3 is 0.881 bits per heavy atom. The van der Waals surface area contributed by atoms with E-state index in [1.165, 1.54) is 173 Å². The van der Waals surface area contributed by atoms with Gasteiger partial charge in [-0.2, -0.15) is 0 Å². The topological polar surface area (TPSA) is 78.9 Å². The molecule has 0 aliphatic carbocycles. The average Bonchev–Trinajstić information content (AvgIpc) is 3.23. The van der Waals surface area contributed by atoms with Crippen molar-refractivity contribution in [2.45, 2.75) is 284 Å². The Morgan fingerprint density at radius 1 is 0.322 bits per heavy atom. The number of hydrogen-bond acceptors (Lipinski definition) is 6. The van der Waals surface area contributed by atoms with Crippen LogP contribution in [0.4, 0.5) is 0 Å². The molecule has 0 heterocycles. The highest BCUT2D eigenvalue weighted by molar-refractivity contribution is 5.71. The zero-order valence-electron chi connectivity index (χ0n) is 39.5. The van der Waals surface area contributed by atoms with Crippen molar-refractivity contribution in [2.75, 3.05) is 13.2 Å². The summed E-state index contributed by atoms with van der Waals surface area (Å²) in [5.74, 6) is -0.878. The van der Waals surface area contributed by atoms with Crippen molar-refractivity contribution >= 4 is 17.9 Å². The van der Waals surface area contributed by atoms with Gasteiger partial charge in [-0.15, -0.1) is 0 Å². The van der Waals surface area contributed by atoms with Crippen LogP contribution in [0.1, 0.15) is 278 Å². The minimum Gasteiger partial charge on any atom is -0.462 e. The van der Waals surface area contributed by atoms with Crippen LogP contribution in [0.2, 0.25) is 0 Å². The van der Waals surface area contributed by atoms with Crippen LogP contribution in [0.15, 0.2) is 24.3 Å². The van der Waals surface area contributed by atoms with E-state index in [0.29, 0.717) is 19.3 Å². The highest BCUT2D eigenvalue weighted by atomic mass is 16.6. The van der Waals surface area contributed by atoms with E-state index in [0.717, 1.165) is 64.2 Å². The van der Waals surface area contributed by atoms with E-state index in [-0.39, 0.29) is 31.1 Å². The Kier molecular flexibility index (Phi) is 46.8. The molecule has 0 saturated carbocycles. The maximum Gasteiger partial charge on any atom is 0.306 e. The van der Waals surface area contributed by atoms with E-state index in [1.54, 1.807) is 0 Å². The van der Waals surface area contributed by atoms with Gasteiger partial charge in [0.25, 0.3) is 0 Å². The largest absolute Gasteiger partial charge is 0.462 e. The quantitative estimate of drug-likeness (QED) is 0.0263. The lowest BCUT2D eigenvalue weighted by atomic mass is 10.1. The van der Waals surface area contributed by atoms with Crippen molar-refractivity contribution in [1.82, 2.24) is 0 Å². The Balaban J connectivity index is 4.28. The second-order valence-corrected chi connectivity index (χ2v) is 17.4. The number of hydrogen-bond donors (Lipinski definition) is 0. The van der Waals surface area contributed by atoms with E-state index < -0.39 is 6.10 Å². The van der Waals surface area contributed by atoms with Crippen LogP contribution in [-0.4, -0.2) is 37.2 Å². The SMILES string of the molecule is CCCCC/C=C\CCCCCCCC(=O)O[C@@H](COC(=O)CCCCCCCCC/C=C\CCCCCCCCCC)COC(=O)CCCCCCCCCCCC. The third-order valence-electron chi connectivity index (χ3n) is 11.4. The maximum atomic E-state index is 12.7. The molecule has 6 nitrogen and oxygen atoms in total. The number of unbranched alkanes of at least 4 members (excludes halogenated alkanes) is 32. The molecule has 0 spiro atoms. The second kappa shape index (κ2) is 48.6. The summed E-state index contributed by atoms with van der Waals surface area (Å²) in [4.78, 5) is 37.8. The van der Waals surface area contributed by atoms with Gasteiger partial charge in [-0.05, 0) is 70.6 Å². The van der Waals surface area contributed by atoms with Gasteiger partial charge in [0.15, 0.2) is 6.10 Å². The van der Waals surface area contributed by atoms with Gasteiger partial charge in [0.2, 0.25) is 0 Å². The first-order valence-corrected chi connectivity index (χ1v) is 25.8. The molecule has 0 aromatic carbocycles. The molecular formula is C53H98O6. The Hall–Kier alpha value is -2.11. The van der Waals surface area contributed by atoms with Crippen LogP contribution < -0.4 is 0 Å². The Bertz CT molecular complexity index is 958. The lowest BCUT2D eigenvalue weighted by Crippen LogP contribution is -2.30. The molecule has 0 rings (SSSR count). The molecular weight excluding hydrogens is 733 g/mol. The molecule has 0 bridgehead atoms. The third kappa shape index (κ3) is 46.8. The average molecular weight is 831 g/mol. The normalized spacial score (nSPS) is 12.1. The fourth-order valence-corrected chi connectivity index (χ4v) is 7.49. The van der Waals surface area contributed by atoms with Gasteiger partial charge >= 0.3 is 17.9 Å². The van der Waals surface area contributed by atoms with Crippen molar-refractivity contribution < 1.29 is 28.6 Å². The van der Waals surface area contributed by atoms with Crippen molar-refractivity contribution in [2.24, 2.45) is 0 Å². The molecule has 0 aromatic heterocycles. The van der Waals surface area contributed by atoms with Crippen molar-refractivity contribution in [3.05, 3.63) is 24.3 Å². The molecule has 0 N–H and O–H groups in total. The molecule has 0 aromatic rings. The summed E-state index contributed by atoms with van der Waals surface area (Å²) in [6, 6.07) is 0. The smallest absolute Gasteiger partial charge is 0.306 e. The van der Waals surface area contributed by atoms with Crippen molar-refractivity contribution in [3.8, 4) is 0 Å². The van der Waals surface area contributed by atoms with Crippen LogP contribution in [-0.2, 0) is 28.6 Å². The summed E-state index contributed by atoms with van der Waals surface area (Å²) in [5.41, 5.74) is 0. The number of esters is 3. The molecule has 0 radical (unpaired) electrons. The van der Waals surface area contributed by atoms with Gasteiger partial charge in [0.05, 0.1) is 0 Å². The maximum absolute atomic E-state index is 12.7. The third-order valence-corrected chi connectivity index (χ3v) is 11.4. The van der Waals surface area contributed by atoms with Gasteiger partial charge in [-0.1, -0.05) is 212 Å². The van der Waals surface area contributed by atoms with Crippen molar-refractivity contribution in [3.63, 3.8) is 0 Å². The molecule has 1 atom stereocenters. The number of allylic oxidation sites excluding steroid dienone is 4. The Morgan fingerprint density at radius 2 is 0.559 bits per heavy atom. The molecule has 6 heteroatoms. The molecule has 0 amide bonds. The van der Waals surface area contributed by atoms with E-state index in [4.69, 9.17) is 14.2 Å². The minimum absolute atomic E-state index is 0.0728. The van der Waals surface area contributed by atoms with Crippen LogP contribution in [0, 0.1) is 0 Å². The Labute approximate surface area is 366 Å². The summed E-state index contributed by atoms with van der Waals surface area (Å²) in [5, 5.41) is 0. The van der Waals surface area contributed by atoms with Crippen molar-refractivity contribution in [1.29, 1.82) is 0 Å². The summed E-state index contributed by atoms with van der Waals surface area (Å²) in [6.07, 6.45) is 54.5. The summed E-state index contributed by atoms with van der Waals surface area (Å²) < 4.78 is 16.8. The summed E-state index contributed by atoms with van der Waals surface area (Å²) in [7, 11) is 0. The lowest BCUT2D eigenvalue weighted by Gasteiger charge is -2.18. The van der Waals surface area contributed by atoms with E-state index in [1.807, 2.05) is 0 Å². The fraction of sp³-hybridized carbons (Fsp3) is 0.868. The predicted molar refractivity (Wildman–Crippen MR) is 252 cm³/mol. The van der Waals surface area contributed by atoms with Gasteiger partial charge in [0.1, 0.15) is 13.2 Å². The number of carbonyl (C=O) groups excluding carboxylic acids is 3. The highest BCUT2D eigenvalue weighted by Crippen LogP contribution is 2.15. The second-order valence-electron chi connectivity index (χ2n) is 17.4. The van der Waals surface area contributed by atoms with Gasteiger partial charge < -0.3 is 14.2 Å². The first-order valence-electron chi connectivity index (χ1n) is 25.8. The fourth-order valence-electron chi connectivity index (χ4n) is 7.49. The monoisotopic (exact) mass is 831 g/mol. The number of ether oxygens (including phenoxy) is 3. The predicted octanol–water partition coefficient (Wildman–Crippen LogP) is 16.8. The lowest BCUT2D eigenvalue weighted by molar-refractivity contribution is -0.167. The van der Waals surface area contributed by atoms with Crippen LogP contribution >= 0.6 is 0 Å². The molecule has 346 valence electrons. The van der Waals surface area contributed by atoms with E-state index in [2.05, 4.69) is 45.1 Å². The first kappa shape index (κ1) is 56.9. The zero-order chi connectivity index (χ0) is 43.0. The molecule has 0 saturated heterocycles. The van der Waals surface area contributed by atoms with E-state index >= 15 is 0 Å². The van der Waals surface area contributed by atoms with Crippen LogP contribution in [0.5, 0.6) is 0 Å². The molecule has 0 unspecified atom stereocenters.